The Labute approximate surface area is 134 Å². The summed E-state index contributed by atoms with van der Waals surface area (Å²) in [6.07, 6.45) is 6.14. The standard InChI is InChI=1S/C17H19N3O3/c1-11-15(16(22)19-12-4-6-13(21)7-5-12)14(10-18)17(23-11)20-8-2-3-9-20/h2-3,8-9,12-13,21H,4-7H2,1H3,(H,19,22). The highest BCUT2D eigenvalue weighted by Gasteiger charge is 2.27. The van der Waals surface area contributed by atoms with Crippen LogP contribution in [-0.4, -0.2) is 27.7 Å². The van der Waals surface area contributed by atoms with Crippen molar-refractivity contribution in [3.8, 4) is 12.0 Å². The SMILES string of the molecule is Cc1oc(-n2cccc2)c(C#N)c1C(=O)NC1CCC(O)CC1. The lowest BCUT2D eigenvalue weighted by atomic mass is 9.93. The molecule has 23 heavy (non-hydrogen) atoms. The van der Waals surface area contributed by atoms with Gasteiger partial charge in [-0.25, -0.2) is 0 Å². The van der Waals surface area contributed by atoms with Gasteiger partial charge < -0.3 is 14.8 Å². The molecule has 1 amide bonds. The van der Waals surface area contributed by atoms with Crippen LogP contribution in [0.4, 0.5) is 0 Å². The minimum absolute atomic E-state index is 0.0294. The summed E-state index contributed by atoms with van der Waals surface area (Å²) in [5.74, 6) is 0.500. The number of hydrogen-bond donors (Lipinski definition) is 2. The molecule has 6 heteroatoms. The Hall–Kier alpha value is -2.52. The maximum absolute atomic E-state index is 12.6. The van der Waals surface area contributed by atoms with Crippen LogP contribution in [0, 0.1) is 18.3 Å². The van der Waals surface area contributed by atoms with Gasteiger partial charge >= 0.3 is 0 Å². The molecule has 0 saturated heterocycles. The van der Waals surface area contributed by atoms with E-state index in [0.29, 0.717) is 30.0 Å². The number of nitriles is 1. The van der Waals surface area contributed by atoms with Crippen molar-refractivity contribution in [3.05, 3.63) is 41.4 Å². The van der Waals surface area contributed by atoms with E-state index in [2.05, 4.69) is 11.4 Å². The van der Waals surface area contributed by atoms with Crippen LogP contribution in [-0.2, 0) is 0 Å². The van der Waals surface area contributed by atoms with Crippen molar-refractivity contribution in [2.45, 2.75) is 44.8 Å². The van der Waals surface area contributed by atoms with Gasteiger partial charge in [-0.1, -0.05) is 0 Å². The van der Waals surface area contributed by atoms with E-state index in [9.17, 15) is 15.2 Å². The minimum atomic E-state index is -0.289. The second kappa shape index (κ2) is 6.31. The van der Waals surface area contributed by atoms with Gasteiger partial charge in [0.05, 0.1) is 6.10 Å². The highest BCUT2D eigenvalue weighted by molar-refractivity contribution is 5.98. The molecule has 1 aliphatic rings. The molecule has 2 heterocycles. The second-order valence-corrected chi connectivity index (χ2v) is 5.89. The Kier molecular flexibility index (Phi) is 4.22. The van der Waals surface area contributed by atoms with Crippen molar-refractivity contribution < 1.29 is 14.3 Å². The molecular weight excluding hydrogens is 294 g/mol. The maximum Gasteiger partial charge on any atom is 0.256 e. The first-order valence-corrected chi connectivity index (χ1v) is 7.76. The van der Waals surface area contributed by atoms with Crippen molar-refractivity contribution in [2.75, 3.05) is 0 Å². The van der Waals surface area contributed by atoms with Gasteiger partial charge in [0.15, 0.2) is 0 Å². The average Bonchev–Trinajstić information content (AvgIpc) is 3.16. The fraction of sp³-hybridized carbons (Fsp3) is 0.412. The molecule has 0 spiro atoms. The number of carbonyl (C=O) groups is 1. The van der Waals surface area contributed by atoms with Gasteiger partial charge in [-0.05, 0) is 44.7 Å². The van der Waals surface area contributed by atoms with Crippen LogP contribution in [0.25, 0.3) is 5.88 Å². The lowest BCUT2D eigenvalue weighted by Crippen LogP contribution is -2.38. The molecule has 2 aromatic heterocycles. The van der Waals surface area contributed by atoms with Crippen molar-refractivity contribution in [3.63, 3.8) is 0 Å². The molecule has 2 aromatic rings. The van der Waals surface area contributed by atoms with Crippen LogP contribution in [0.5, 0.6) is 0 Å². The van der Waals surface area contributed by atoms with Crippen LogP contribution >= 0.6 is 0 Å². The molecule has 0 atom stereocenters. The molecule has 1 saturated carbocycles. The molecule has 0 aliphatic heterocycles. The summed E-state index contributed by atoms with van der Waals surface area (Å²) < 4.78 is 7.33. The van der Waals surface area contributed by atoms with Crippen LogP contribution < -0.4 is 5.32 Å². The summed E-state index contributed by atoms with van der Waals surface area (Å²) in [7, 11) is 0. The Morgan fingerprint density at radius 2 is 2.00 bits per heavy atom. The first kappa shape index (κ1) is 15.4. The molecule has 6 nitrogen and oxygen atoms in total. The molecule has 0 aromatic carbocycles. The molecule has 1 aliphatic carbocycles. The van der Waals surface area contributed by atoms with Crippen molar-refractivity contribution in [1.29, 1.82) is 5.26 Å². The molecular formula is C17H19N3O3. The minimum Gasteiger partial charge on any atom is -0.443 e. The number of hydrogen-bond acceptors (Lipinski definition) is 4. The molecule has 120 valence electrons. The Morgan fingerprint density at radius 1 is 1.35 bits per heavy atom. The number of furan rings is 1. The van der Waals surface area contributed by atoms with E-state index in [1.807, 2.05) is 12.1 Å². The van der Waals surface area contributed by atoms with E-state index in [4.69, 9.17) is 4.42 Å². The third kappa shape index (κ3) is 3.01. The number of carbonyl (C=O) groups excluding carboxylic acids is 1. The number of aliphatic hydroxyl groups is 1. The highest BCUT2D eigenvalue weighted by atomic mass is 16.4. The van der Waals surface area contributed by atoms with Crippen LogP contribution in [0.2, 0.25) is 0 Å². The molecule has 3 rings (SSSR count). The summed E-state index contributed by atoms with van der Waals surface area (Å²) in [5.41, 5.74) is 0.536. The number of nitrogens with one attached hydrogen (secondary N) is 1. The molecule has 1 fully saturated rings. The number of rotatable bonds is 3. The third-order valence-corrected chi connectivity index (χ3v) is 4.28. The second-order valence-electron chi connectivity index (χ2n) is 5.89. The van der Waals surface area contributed by atoms with E-state index in [1.54, 1.807) is 23.9 Å². The fourth-order valence-corrected chi connectivity index (χ4v) is 3.04. The van der Waals surface area contributed by atoms with Crippen molar-refractivity contribution >= 4 is 5.91 Å². The molecule has 0 bridgehead atoms. The predicted molar refractivity (Wildman–Crippen MR) is 83.2 cm³/mol. The number of aryl methyl sites for hydroxylation is 1. The number of aromatic nitrogens is 1. The van der Waals surface area contributed by atoms with Gasteiger partial charge in [0, 0.05) is 18.4 Å². The fourth-order valence-electron chi connectivity index (χ4n) is 3.04. The summed E-state index contributed by atoms with van der Waals surface area (Å²) in [6.45, 7) is 1.69. The molecule has 0 unspecified atom stereocenters. The van der Waals surface area contributed by atoms with Crippen LogP contribution in [0.1, 0.15) is 47.4 Å². The van der Waals surface area contributed by atoms with Crippen molar-refractivity contribution in [2.24, 2.45) is 0 Å². The largest absolute Gasteiger partial charge is 0.443 e. The van der Waals surface area contributed by atoms with Crippen LogP contribution in [0.15, 0.2) is 28.9 Å². The van der Waals surface area contributed by atoms with E-state index >= 15 is 0 Å². The van der Waals surface area contributed by atoms with Crippen molar-refractivity contribution in [1.82, 2.24) is 9.88 Å². The first-order valence-electron chi connectivity index (χ1n) is 7.76. The Morgan fingerprint density at radius 3 is 2.61 bits per heavy atom. The third-order valence-electron chi connectivity index (χ3n) is 4.28. The molecule has 2 N–H and O–H groups in total. The van der Waals surface area contributed by atoms with E-state index in [1.165, 1.54) is 0 Å². The van der Waals surface area contributed by atoms with Gasteiger partial charge in [-0.3, -0.25) is 9.36 Å². The predicted octanol–water partition coefficient (Wildman–Crippen LogP) is 2.28. The summed E-state index contributed by atoms with van der Waals surface area (Å²) >= 11 is 0. The smallest absolute Gasteiger partial charge is 0.256 e. The summed E-state index contributed by atoms with van der Waals surface area (Å²) in [6, 6.07) is 5.76. The van der Waals surface area contributed by atoms with Gasteiger partial charge in [0.25, 0.3) is 5.91 Å². The van der Waals surface area contributed by atoms with Gasteiger partial charge in [-0.2, -0.15) is 5.26 Å². The zero-order valence-corrected chi connectivity index (χ0v) is 13.0. The summed E-state index contributed by atoms with van der Waals surface area (Å²) in [4.78, 5) is 12.6. The van der Waals surface area contributed by atoms with E-state index < -0.39 is 0 Å². The quantitative estimate of drug-likeness (QED) is 0.909. The van der Waals surface area contributed by atoms with Gasteiger partial charge in [0.1, 0.15) is 23.0 Å². The Balaban J connectivity index is 1.85. The van der Waals surface area contributed by atoms with Gasteiger partial charge in [0.2, 0.25) is 5.88 Å². The number of amides is 1. The van der Waals surface area contributed by atoms with Gasteiger partial charge in [-0.15, -0.1) is 0 Å². The summed E-state index contributed by atoms with van der Waals surface area (Å²) in [5, 5.41) is 22.0. The van der Waals surface area contributed by atoms with E-state index in [-0.39, 0.29) is 23.6 Å². The monoisotopic (exact) mass is 313 g/mol. The Bertz CT molecular complexity index is 732. The van der Waals surface area contributed by atoms with Crippen LogP contribution in [0.3, 0.4) is 0 Å². The number of nitrogens with zero attached hydrogens (tertiary/aromatic N) is 2. The zero-order valence-electron chi connectivity index (χ0n) is 13.0. The topological polar surface area (TPSA) is 91.2 Å². The lowest BCUT2D eigenvalue weighted by molar-refractivity contribution is 0.0866. The first-order chi connectivity index (χ1) is 11.1. The van der Waals surface area contributed by atoms with E-state index in [0.717, 1.165) is 12.8 Å². The lowest BCUT2D eigenvalue weighted by Gasteiger charge is -2.26. The number of aliphatic hydroxyl groups excluding tert-OH is 1. The normalized spacial score (nSPS) is 20.9. The highest BCUT2D eigenvalue weighted by Crippen LogP contribution is 2.26. The zero-order chi connectivity index (χ0) is 16.4. The maximum atomic E-state index is 12.6. The average molecular weight is 313 g/mol. The molecule has 0 radical (unpaired) electrons.